The number of aliphatic hydroxyl groups is 2. The second-order valence-electron chi connectivity index (χ2n) is 6.34. The highest BCUT2D eigenvalue weighted by Gasteiger charge is 2.57. The van der Waals surface area contributed by atoms with Crippen molar-refractivity contribution < 1.29 is 46.0 Å². The van der Waals surface area contributed by atoms with Crippen molar-refractivity contribution in [2.24, 2.45) is 0 Å². The van der Waals surface area contributed by atoms with Gasteiger partial charge in [-0.2, -0.15) is 0 Å². The summed E-state index contributed by atoms with van der Waals surface area (Å²) >= 11 is 10.4. The highest BCUT2D eigenvalue weighted by atomic mass is 35.5. The van der Waals surface area contributed by atoms with Gasteiger partial charge in [-0.1, -0.05) is 23.8 Å². The Morgan fingerprint density at radius 1 is 1.55 bits per heavy atom. The summed E-state index contributed by atoms with van der Waals surface area (Å²) in [4.78, 5) is 14.0. The highest BCUT2D eigenvalue weighted by Crippen LogP contribution is 2.56. The quantitative estimate of drug-likeness (QED) is 0.426. The van der Waals surface area contributed by atoms with Gasteiger partial charge in [-0.05, 0) is 18.2 Å². The number of nitrogens with zero attached hydrogens (tertiary/aromatic N) is 1. The van der Waals surface area contributed by atoms with E-state index in [2.05, 4.69) is 21.5 Å². The number of benzene rings is 1. The number of phosphoric acid groups is 1. The fraction of sp³-hybridized carbons (Fsp3) is 0.375. The summed E-state index contributed by atoms with van der Waals surface area (Å²) in [5, 5.41) is 20.8. The molecule has 3 heterocycles. The van der Waals surface area contributed by atoms with E-state index in [0.717, 1.165) is 0 Å². The summed E-state index contributed by atoms with van der Waals surface area (Å²) in [6, 6.07) is 4.04. The first-order chi connectivity index (χ1) is 15.6. The second-order valence-corrected chi connectivity index (χ2v) is 8.70. The van der Waals surface area contributed by atoms with Crippen LogP contribution < -0.4 is 10.2 Å². The number of fused-ring (bicyclic) bond motifs is 1. The molecule has 31 heavy (non-hydrogen) atoms. The monoisotopic (exact) mass is 501 g/mol. The highest BCUT2D eigenvalue weighted by molar-refractivity contribution is 7.71. The molecular formula is C16H14ClF2N2O8PS. The molecule has 3 N–H and O–H groups in total. The van der Waals surface area contributed by atoms with E-state index < -0.39 is 61.4 Å². The Bertz CT molecular complexity index is 1330. The summed E-state index contributed by atoms with van der Waals surface area (Å²) in [5.74, 6) is -5.48. The number of ether oxygens (including phenoxy) is 1. The van der Waals surface area contributed by atoms with Crippen molar-refractivity contribution in [2.45, 2.75) is 30.9 Å². The molecule has 1 unspecified atom stereocenters. The maximum atomic E-state index is 15.8. The molecule has 1 aromatic carbocycles. The van der Waals surface area contributed by atoms with Gasteiger partial charge in [-0.25, -0.2) is 18.1 Å². The van der Waals surface area contributed by atoms with Crippen molar-refractivity contribution in [1.29, 1.82) is 0 Å². The first kappa shape index (κ1) is 18.8. The molecule has 1 saturated heterocycles. The fourth-order valence-corrected chi connectivity index (χ4v) is 4.13. The van der Waals surface area contributed by atoms with Gasteiger partial charge in [0.2, 0.25) is 0 Å². The topological polar surface area (TPSA) is 132 Å². The number of nitrogens with one attached hydrogen (secondary N) is 1. The molecule has 0 aliphatic carbocycles. The van der Waals surface area contributed by atoms with Crippen LogP contribution in [0.1, 0.15) is 15.9 Å². The molecule has 0 bridgehead atoms. The number of aromatic amines is 1. The molecular weight excluding hydrogens is 485 g/mol. The van der Waals surface area contributed by atoms with Gasteiger partial charge in [0, 0.05) is 10.6 Å². The number of alkyl halides is 1. The first-order valence-corrected chi connectivity index (χ1v) is 10.6. The zero-order valence-corrected chi connectivity index (χ0v) is 17.4. The van der Waals surface area contributed by atoms with Crippen LogP contribution in [0.2, 0.25) is 5.02 Å². The number of halogens is 3. The molecule has 168 valence electrons. The van der Waals surface area contributed by atoms with Crippen LogP contribution in [0.3, 0.4) is 0 Å². The van der Waals surface area contributed by atoms with E-state index in [-0.39, 0.29) is 15.3 Å². The van der Waals surface area contributed by atoms with E-state index in [9.17, 15) is 24.0 Å². The van der Waals surface area contributed by atoms with Gasteiger partial charge in [-0.3, -0.25) is 18.6 Å². The van der Waals surface area contributed by atoms with Crippen LogP contribution in [0, 0.1) is 10.5 Å². The predicted octanol–water partition coefficient (Wildman–Crippen LogP) is 2.35. The van der Waals surface area contributed by atoms with Gasteiger partial charge < -0.3 is 19.5 Å². The summed E-state index contributed by atoms with van der Waals surface area (Å²) in [7, 11) is -4.90. The molecule has 2 aliphatic rings. The molecule has 0 saturated carbocycles. The first-order valence-electron chi connectivity index (χ1n) is 9.82. The van der Waals surface area contributed by atoms with Crippen LogP contribution in [0.25, 0.3) is 0 Å². The molecule has 4 rings (SSSR count). The van der Waals surface area contributed by atoms with Crippen LogP contribution in [-0.4, -0.2) is 44.4 Å². The van der Waals surface area contributed by atoms with Gasteiger partial charge in [0.1, 0.15) is 29.2 Å². The third-order valence-electron chi connectivity index (χ3n) is 4.23. The molecule has 0 radical (unpaired) electrons. The third-order valence-corrected chi connectivity index (χ3v) is 5.94. The van der Waals surface area contributed by atoms with Crippen molar-refractivity contribution >= 4 is 31.6 Å². The van der Waals surface area contributed by atoms with Crippen molar-refractivity contribution in [1.82, 2.24) is 9.55 Å². The molecule has 5 atom stereocenters. The molecule has 2 aliphatic heterocycles. The lowest BCUT2D eigenvalue weighted by Gasteiger charge is -2.28. The minimum Gasteiger partial charge on any atom is -0.404 e. The number of phosphoric ester groups is 1. The number of H-pyrrole nitrogens is 1. The average Bonchev–Trinajstić information content (AvgIpc) is 2.92. The lowest BCUT2D eigenvalue weighted by molar-refractivity contribution is -0.205. The molecule has 1 aromatic heterocycles. The smallest absolute Gasteiger partial charge is 0.404 e. The van der Waals surface area contributed by atoms with Gasteiger partial charge >= 0.3 is 13.5 Å². The van der Waals surface area contributed by atoms with E-state index in [4.69, 9.17) is 24.8 Å². The SMILES string of the molecule is [2H]C([2H])(OP1(=O)OCc2cc(Cl)ccc2O1)[C@@]1(F)O[C@@]([2H])(n2cc(F)c(=S)[nH]c2=O)[C@H](O)[C@@H]1O. The average molecular weight is 502 g/mol. The van der Waals surface area contributed by atoms with Crippen LogP contribution >= 0.6 is 31.6 Å². The Morgan fingerprint density at radius 3 is 3.03 bits per heavy atom. The summed E-state index contributed by atoms with van der Waals surface area (Å²) in [5.41, 5.74) is -1.03. The van der Waals surface area contributed by atoms with Crippen molar-refractivity contribution in [3.8, 4) is 5.75 Å². The maximum absolute atomic E-state index is 15.8. The number of aromatic nitrogens is 2. The zero-order valence-electron chi connectivity index (χ0n) is 18.0. The Hall–Kier alpha value is -1.70. The molecule has 1 fully saturated rings. The zero-order chi connectivity index (χ0) is 25.3. The minimum absolute atomic E-state index is 0.0130. The van der Waals surface area contributed by atoms with E-state index in [0.29, 0.717) is 11.8 Å². The molecule has 10 nitrogen and oxygen atoms in total. The Kier molecular flexibility index (Phi) is 4.87. The van der Waals surface area contributed by atoms with Gasteiger partial charge in [0.05, 0.1) is 16.9 Å². The van der Waals surface area contributed by atoms with E-state index in [1.165, 1.54) is 18.2 Å². The summed E-state index contributed by atoms with van der Waals surface area (Å²) in [6.45, 7) is -4.35. The van der Waals surface area contributed by atoms with Crippen molar-refractivity contribution in [3.05, 3.63) is 55.9 Å². The maximum Gasteiger partial charge on any atom is 0.530 e. The van der Waals surface area contributed by atoms with Gasteiger partial charge in [0.15, 0.2) is 12.0 Å². The number of hydrogen-bond donors (Lipinski definition) is 3. The van der Waals surface area contributed by atoms with Crippen LogP contribution in [0.5, 0.6) is 5.75 Å². The molecule has 15 heteroatoms. The van der Waals surface area contributed by atoms with Crippen LogP contribution in [0.15, 0.2) is 29.2 Å². The molecule has 0 amide bonds. The van der Waals surface area contributed by atoms with Crippen molar-refractivity contribution in [2.75, 3.05) is 6.56 Å². The molecule has 2 aromatic rings. The fourth-order valence-electron chi connectivity index (χ4n) is 2.70. The number of hydrogen-bond acceptors (Lipinski definition) is 9. The van der Waals surface area contributed by atoms with Crippen LogP contribution in [0.4, 0.5) is 8.78 Å². The van der Waals surface area contributed by atoms with E-state index in [1.807, 2.05) is 4.98 Å². The van der Waals surface area contributed by atoms with Crippen LogP contribution in [-0.2, 0) is 25.0 Å². The second kappa shape index (κ2) is 8.01. The summed E-state index contributed by atoms with van der Waals surface area (Å²) in [6.07, 6.45) is -8.59. The normalized spacial score (nSPS) is 36.7. The number of rotatable bonds is 4. The lowest BCUT2D eigenvalue weighted by atomic mass is 10.1. The molecule has 0 spiro atoms. The standard InChI is InChI=1S/C16H14ClF2N2O8PS/c17-8-1-2-10-7(3-8)5-26-30(25,29-10)27-6-16(19)12(23)11(22)14(28-16)21-4-9(18)13(31)20-15(21)24/h1-4,11-12,14,22-23H,5-6H2,(H,20,24,31)/t11-,12+,14-,16-,30?/m1/s1/i6D2,14D. The number of aliphatic hydroxyl groups excluding tert-OH is 2. The van der Waals surface area contributed by atoms with Gasteiger partial charge in [0.25, 0.3) is 5.85 Å². The van der Waals surface area contributed by atoms with E-state index in [1.54, 1.807) is 0 Å². The predicted molar refractivity (Wildman–Crippen MR) is 102 cm³/mol. The minimum atomic E-state index is -4.90. The third kappa shape index (κ3) is 4.20. The lowest BCUT2D eigenvalue weighted by Crippen LogP contribution is -2.43. The Morgan fingerprint density at radius 2 is 2.29 bits per heavy atom. The van der Waals surface area contributed by atoms with Gasteiger partial charge in [-0.15, -0.1) is 0 Å². The largest absolute Gasteiger partial charge is 0.530 e. The van der Waals surface area contributed by atoms with E-state index >= 15 is 4.39 Å². The van der Waals surface area contributed by atoms with Crippen molar-refractivity contribution in [3.63, 3.8) is 0 Å². The Balaban J connectivity index is 1.67. The Labute approximate surface area is 186 Å². The summed E-state index contributed by atoms with van der Waals surface area (Å²) < 4.78 is 85.2.